The Labute approximate surface area is 161 Å². The van der Waals surface area contributed by atoms with Crippen molar-refractivity contribution in [1.29, 1.82) is 0 Å². The number of rotatable bonds is 7. The van der Waals surface area contributed by atoms with E-state index in [1.54, 1.807) is 36.4 Å². The van der Waals surface area contributed by atoms with Crippen LogP contribution in [0.15, 0.2) is 78.9 Å². The van der Waals surface area contributed by atoms with Crippen LogP contribution in [0.2, 0.25) is 0 Å². The zero-order chi connectivity index (χ0) is 19.9. The van der Waals surface area contributed by atoms with Crippen LogP contribution in [0, 0.1) is 10.1 Å². The summed E-state index contributed by atoms with van der Waals surface area (Å²) in [4.78, 5) is 22.7. The number of carbonyl (C=O) groups is 1. The molecule has 0 bridgehead atoms. The number of ether oxygens (including phenoxy) is 1. The molecular weight excluding hydrogens is 360 g/mol. The molecule has 0 unspecified atom stereocenters. The molecule has 0 saturated heterocycles. The second-order valence-corrected chi connectivity index (χ2v) is 5.99. The van der Waals surface area contributed by atoms with Crippen LogP contribution in [-0.4, -0.2) is 22.5 Å². The lowest BCUT2D eigenvalue weighted by Gasteiger charge is -2.14. The molecule has 7 heteroatoms. The summed E-state index contributed by atoms with van der Waals surface area (Å²) < 4.78 is 5.77. The molecule has 1 atom stereocenters. The molecule has 3 aromatic carbocycles. The highest BCUT2D eigenvalue weighted by atomic mass is 16.6. The number of nitrogens with one attached hydrogen (secondary N) is 1. The van der Waals surface area contributed by atoms with Crippen LogP contribution in [0.4, 0.5) is 5.69 Å². The molecule has 3 aromatic rings. The predicted octanol–water partition coefficient (Wildman–Crippen LogP) is 3.85. The SMILES string of the molecule is O=C(NC[C@H](O)c1ccc([N+](=O)[O-])cc1)c1ccccc1Oc1ccccc1. The summed E-state index contributed by atoms with van der Waals surface area (Å²) in [7, 11) is 0. The largest absolute Gasteiger partial charge is 0.457 e. The molecule has 7 nitrogen and oxygen atoms in total. The highest BCUT2D eigenvalue weighted by Crippen LogP contribution is 2.25. The van der Waals surface area contributed by atoms with E-state index in [0.29, 0.717) is 22.6 Å². The molecule has 0 radical (unpaired) electrons. The third-order valence-corrected chi connectivity index (χ3v) is 4.05. The molecule has 0 spiro atoms. The van der Waals surface area contributed by atoms with Crippen molar-refractivity contribution in [2.45, 2.75) is 6.10 Å². The van der Waals surface area contributed by atoms with E-state index >= 15 is 0 Å². The van der Waals surface area contributed by atoms with Crippen molar-refractivity contribution in [3.8, 4) is 11.5 Å². The third-order valence-electron chi connectivity index (χ3n) is 4.05. The second kappa shape index (κ2) is 8.79. The van der Waals surface area contributed by atoms with Crippen molar-refractivity contribution in [2.75, 3.05) is 6.54 Å². The molecule has 28 heavy (non-hydrogen) atoms. The highest BCUT2D eigenvalue weighted by Gasteiger charge is 2.16. The summed E-state index contributed by atoms with van der Waals surface area (Å²) in [5, 5.41) is 23.6. The maximum absolute atomic E-state index is 12.5. The number of nitrogens with zero attached hydrogens (tertiary/aromatic N) is 1. The van der Waals surface area contributed by atoms with Crippen LogP contribution in [0.25, 0.3) is 0 Å². The Morgan fingerprint density at radius 3 is 2.32 bits per heavy atom. The summed E-state index contributed by atoms with van der Waals surface area (Å²) in [5.41, 5.74) is 0.744. The van der Waals surface area contributed by atoms with Gasteiger partial charge in [0.05, 0.1) is 16.6 Å². The molecule has 0 aliphatic carbocycles. The normalized spacial score (nSPS) is 11.5. The van der Waals surface area contributed by atoms with E-state index in [1.165, 1.54) is 24.3 Å². The van der Waals surface area contributed by atoms with Crippen molar-refractivity contribution in [2.24, 2.45) is 0 Å². The lowest BCUT2D eigenvalue weighted by Crippen LogP contribution is -2.28. The number of nitro benzene ring substituents is 1. The van der Waals surface area contributed by atoms with Gasteiger partial charge < -0.3 is 15.2 Å². The summed E-state index contributed by atoms with van der Waals surface area (Å²) in [6.45, 7) is -0.0453. The first-order valence-electron chi connectivity index (χ1n) is 8.57. The minimum Gasteiger partial charge on any atom is -0.457 e. The van der Waals surface area contributed by atoms with Crippen molar-refractivity contribution in [3.63, 3.8) is 0 Å². The Balaban J connectivity index is 1.65. The first kappa shape index (κ1) is 19.1. The van der Waals surface area contributed by atoms with Crippen molar-refractivity contribution >= 4 is 11.6 Å². The Kier molecular flexibility index (Phi) is 5.98. The number of amides is 1. The van der Waals surface area contributed by atoms with Gasteiger partial charge in [-0.05, 0) is 42.0 Å². The Morgan fingerprint density at radius 2 is 1.64 bits per heavy atom. The van der Waals surface area contributed by atoms with Gasteiger partial charge in [-0.1, -0.05) is 30.3 Å². The third kappa shape index (κ3) is 4.72. The molecule has 0 aromatic heterocycles. The van der Waals surface area contributed by atoms with Gasteiger partial charge >= 0.3 is 0 Å². The number of non-ortho nitro benzene ring substituents is 1. The van der Waals surface area contributed by atoms with E-state index < -0.39 is 16.9 Å². The van der Waals surface area contributed by atoms with E-state index in [9.17, 15) is 20.0 Å². The predicted molar refractivity (Wildman–Crippen MR) is 103 cm³/mol. The van der Waals surface area contributed by atoms with Crippen LogP contribution in [0.5, 0.6) is 11.5 Å². The van der Waals surface area contributed by atoms with Crippen molar-refractivity contribution in [1.82, 2.24) is 5.32 Å². The van der Waals surface area contributed by atoms with Crippen LogP contribution in [-0.2, 0) is 0 Å². The lowest BCUT2D eigenvalue weighted by molar-refractivity contribution is -0.384. The molecule has 142 valence electrons. The Morgan fingerprint density at radius 1 is 1.00 bits per heavy atom. The minimum atomic E-state index is -0.994. The molecular formula is C21H18N2O5. The Hall–Kier alpha value is -3.71. The molecule has 0 aliphatic rings. The maximum atomic E-state index is 12.5. The number of hydrogen-bond donors (Lipinski definition) is 2. The average molecular weight is 378 g/mol. The molecule has 2 N–H and O–H groups in total. The van der Waals surface area contributed by atoms with Crippen molar-refractivity contribution in [3.05, 3.63) is 100 Å². The fraction of sp³-hybridized carbons (Fsp3) is 0.0952. The first-order valence-corrected chi connectivity index (χ1v) is 8.57. The van der Waals surface area contributed by atoms with E-state index in [1.807, 2.05) is 18.2 Å². The lowest BCUT2D eigenvalue weighted by atomic mass is 10.1. The quantitative estimate of drug-likeness (QED) is 0.480. The standard InChI is InChI=1S/C21H18N2O5/c24-19(15-10-12-16(13-11-15)23(26)27)14-22-21(25)18-8-4-5-9-20(18)28-17-6-2-1-3-7-17/h1-13,19,24H,14H2,(H,22,25)/t19-/m0/s1. The molecule has 3 rings (SSSR count). The van der Waals surface area contributed by atoms with Gasteiger partial charge in [-0.3, -0.25) is 14.9 Å². The van der Waals surface area contributed by atoms with E-state index in [-0.39, 0.29) is 12.2 Å². The van der Waals surface area contributed by atoms with Gasteiger partial charge in [0.1, 0.15) is 11.5 Å². The topological polar surface area (TPSA) is 102 Å². The monoisotopic (exact) mass is 378 g/mol. The number of hydrogen-bond acceptors (Lipinski definition) is 5. The summed E-state index contributed by atoms with van der Waals surface area (Å²) >= 11 is 0. The van der Waals surface area contributed by atoms with E-state index in [4.69, 9.17) is 4.74 Å². The zero-order valence-corrected chi connectivity index (χ0v) is 14.8. The van der Waals surface area contributed by atoms with Gasteiger partial charge in [0.2, 0.25) is 0 Å². The first-order chi connectivity index (χ1) is 13.5. The van der Waals surface area contributed by atoms with E-state index in [2.05, 4.69) is 5.32 Å². The minimum absolute atomic E-state index is 0.0453. The van der Waals surface area contributed by atoms with Gasteiger partial charge in [-0.2, -0.15) is 0 Å². The van der Waals surface area contributed by atoms with Gasteiger partial charge in [-0.25, -0.2) is 0 Å². The summed E-state index contributed by atoms with van der Waals surface area (Å²) in [6.07, 6.45) is -0.994. The van der Waals surface area contributed by atoms with Crippen LogP contribution >= 0.6 is 0 Å². The second-order valence-electron chi connectivity index (χ2n) is 5.99. The Bertz CT molecular complexity index is 958. The average Bonchev–Trinajstić information content (AvgIpc) is 2.73. The molecule has 0 heterocycles. The number of aliphatic hydroxyl groups excluding tert-OH is 1. The van der Waals surface area contributed by atoms with Gasteiger partial charge in [0.25, 0.3) is 11.6 Å². The molecule has 0 aliphatic heterocycles. The van der Waals surface area contributed by atoms with Crippen molar-refractivity contribution < 1.29 is 19.6 Å². The fourth-order valence-electron chi connectivity index (χ4n) is 2.58. The maximum Gasteiger partial charge on any atom is 0.269 e. The number of para-hydroxylation sites is 2. The zero-order valence-electron chi connectivity index (χ0n) is 14.8. The van der Waals surface area contributed by atoms with Gasteiger partial charge in [0.15, 0.2) is 0 Å². The molecule has 0 fully saturated rings. The van der Waals surface area contributed by atoms with Crippen LogP contribution < -0.4 is 10.1 Å². The number of benzene rings is 3. The van der Waals surface area contributed by atoms with Crippen LogP contribution in [0.3, 0.4) is 0 Å². The summed E-state index contributed by atoms with van der Waals surface area (Å²) in [6, 6.07) is 21.4. The number of carbonyl (C=O) groups excluding carboxylic acids is 1. The summed E-state index contributed by atoms with van der Waals surface area (Å²) in [5.74, 6) is 0.609. The van der Waals surface area contributed by atoms with Crippen LogP contribution in [0.1, 0.15) is 22.0 Å². The van der Waals surface area contributed by atoms with E-state index in [0.717, 1.165) is 0 Å². The number of nitro groups is 1. The number of aliphatic hydroxyl groups is 1. The van der Waals surface area contributed by atoms with Gasteiger partial charge in [-0.15, -0.1) is 0 Å². The molecule has 1 amide bonds. The highest BCUT2D eigenvalue weighted by molar-refractivity contribution is 5.97. The smallest absolute Gasteiger partial charge is 0.269 e. The molecule has 0 saturated carbocycles. The van der Waals surface area contributed by atoms with Gasteiger partial charge in [0, 0.05) is 18.7 Å². The fourth-order valence-corrected chi connectivity index (χ4v) is 2.58.